The molecule has 2 aromatic carbocycles. The molecule has 1 heterocycles. The number of aliphatic hydroxyl groups excluding tert-OH is 1. The Morgan fingerprint density at radius 1 is 1.23 bits per heavy atom. The van der Waals surface area contributed by atoms with Gasteiger partial charge in [-0.1, -0.05) is 49.4 Å². The predicted octanol–water partition coefficient (Wildman–Crippen LogP) is 4.81. The normalized spacial score (nSPS) is 18.5. The Hall–Kier alpha value is -2.41. The number of hydrogen-bond acceptors (Lipinski definition) is 5. The number of carbonyl (C=O) groups excluding carboxylic acids is 2. The van der Waals surface area contributed by atoms with Gasteiger partial charge < -0.3 is 20.2 Å². The molecule has 2 fully saturated rings. The number of likely N-dealkylation sites (N-methyl/N-ethyl adjacent to an activating group) is 1. The van der Waals surface area contributed by atoms with Crippen molar-refractivity contribution in [1.29, 1.82) is 0 Å². The Labute approximate surface area is 215 Å². The number of amides is 1. The number of carbonyl (C=O) groups is 2. The van der Waals surface area contributed by atoms with Crippen molar-refractivity contribution in [1.82, 2.24) is 10.2 Å². The molecule has 0 radical (unpaired) electrons. The van der Waals surface area contributed by atoms with Crippen molar-refractivity contribution >= 4 is 29.5 Å². The second-order valence-electron chi connectivity index (χ2n) is 9.44. The molecule has 192 valence electrons. The lowest BCUT2D eigenvalue weighted by atomic mass is 9.89. The minimum absolute atomic E-state index is 0. The molecule has 4 rings (SSSR count). The molecule has 6 nitrogen and oxygen atoms in total. The van der Waals surface area contributed by atoms with Gasteiger partial charge in [-0.2, -0.15) is 0 Å². The summed E-state index contributed by atoms with van der Waals surface area (Å²) in [5, 5.41) is 13.6. The molecular weight excluding hydrogens is 462 g/mol. The van der Waals surface area contributed by atoms with Crippen LogP contribution in [0.1, 0.15) is 55.1 Å². The van der Waals surface area contributed by atoms with E-state index in [-0.39, 0.29) is 13.3 Å². The van der Waals surface area contributed by atoms with Gasteiger partial charge in [0.05, 0.1) is 5.02 Å². The molecular formula is C28H40ClN3O3. The number of nitrogens with zero attached hydrogens (tertiary/aromatic N) is 2. The molecule has 1 aliphatic heterocycles. The van der Waals surface area contributed by atoms with Crippen LogP contribution in [0.2, 0.25) is 5.02 Å². The summed E-state index contributed by atoms with van der Waals surface area (Å²) < 4.78 is 0. The standard InChI is InChI=1S/C25H29ClN2O3.C2H7N.CH4/c1-27(24(31)23(30)18-5-3-2-4-6-18)12-9-20-16-25(20)10-13-28(14-11-25)21-8-7-19(17-29)22(26)15-21;1-3-2;/h2-8,15,17,20,23,30H,9-14,16H2,1H3;3H,1-2H3;1H4. The monoisotopic (exact) mass is 501 g/mol. The maximum atomic E-state index is 12.6. The van der Waals surface area contributed by atoms with E-state index >= 15 is 0 Å². The molecule has 2 aromatic rings. The second-order valence-corrected chi connectivity index (χ2v) is 9.84. The van der Waals surface area contributed by atoms with Crippen LogP contribution in [0.3, 0.4) is 0 Å². The van der Waals surface area contributed by atoms with E-state index in [4.69, 9.17) is 11.6 Å². The van der Waals surface area contributed by atoms with E-state index in [9.17, 15) is 14.7 Å². The van der Waals surface area contributed by atoms with Crippen molar-refractivity contribution in [2.75, 3.05) is 45.7 Å². The summed E-state index contributed by atoms with van der Waals surface area (Å²) in [5.41, 5.74) is 2.63. The summed E-state index contributed by atoms with van der Waals surface area (Å²) in [7, 11) is 5.53. The molecule has 0 aromatic heterocycles. The smallest absolute Gasteiger partial charge is 0.255 e. The number of rotatable bonds is 7. The zero-order valence-corrected chi connectivity index (χ0v) is 21.1. The van der Waals surface area contributed by atoms with Gasteiger partial charge in [-0.15, -0.1) is 0 Å². The van der Waals surface area contributed by atoms with Crippen LogP contribution in [0.5, 0.6) is 0 Å². The molecule has 1 aliphatic carbocycles. The summed E-state index contributed by atoms with van der Waals surface area (Å²) in [5.74, 6) is 0.395. The lowest BCUT2D eigenvalue weighted by molar-refractivity contribution is -0.139. The van der Waals surface area contributed by atoms with Crippen molar-refractivity contribution in [2.45, 2.75) is 39.2 Å². The van der Waals surface area contributed by atoms with Crippen molar-refractivity contribution in [3.8, 4) is 0 Å². The first-order chi connectivity index (χ1) is 16.3. The van der Waals surface area contributed by atoms with E-state index in [1.165, 1.54) is 6.42 Å². The Morgan fingerprint density at radius 3 is 2.43 bits per heavy atom. The maximum Gasteiger partial charge on any atom is 0.255 e. The number of piperidine rings is 1. The highest BCUT2D eigenvalue weighted by molar-refractivity contribution is 6.33. The number of aldehydes is 1. The number of nitrogens with one attached hydrogen (secondary N) is 1. The highest BCUT2D eigenvalue weighted by Gasteiger charge is 2.54. The van der Waals surface area contributed by atoms with E-state index in [0.717, 1.165) is 44.3 Å². The number of benzene rings is 2. The summed E-state index contributed by atoms with van der Waals surface area (Å²) in [6.07, 6.45) is 4.15. The van der Waals surface area contributed by atoms with Gasteiger partial charge in [-0.05, 0) is 74.9 Å². The topological polar surface area (TPSA) is 72.9 Å². The number of anilines is 1. The van der Waals surface area contributed by atoms with Gasteiger partial charge in [0.15, 0.2) is 12.4 Å². The van der Waals surface area contributed by atoms with Crippen molar-refractivity contribution in [3.63, 3.8) is 0 Å². The van der Waals surface area contributed by atoms with Gasteiger partial charge >= 0.3 is 0 Å². The SMILES string of the molecule is C.CN(CCC1CC12CCN(c1ccc(C=O)c(Cl)c1)CC2)C(=O)C(O)c1ccccc1.CNC. The fourth-order valence-corrected chi connectivity index (χ4v) is 5.14. The summed E-state index contributed by atoms with van der Waals surface area (Å²) in [6, 6.07) is 14.7. The third kappa shape index (κ3) is 7.06. The molecule has 2 atom stereocenters. The Morgan fingerprint density at radius 2 is 1.86 bits per heavy atom. The molecule has 1 spiro atoms. The third-order valence-corrected chi connectivity index (χ3v) is 7.46. The summed E-state index contributed by atoms with van der Waals surface area (Å²) >= 11 is 6.19. The zero-order chi connectivity index (χ0) is 24.7. The van der Waals surface area contributed by atoms with Crippen molar-refractivity contribution < 1.29 is 14.7 Å². The van der Waals surface area contributed by atoms with Crippen LogP contribution < -0.4 is 10.2 Å². The number of hydrogen-bond donors (Lipinski definition) is 2. The van der Waals surface area contributed by atoms with Crippen LogP contribution >= 0.6 is 11.6 Å². The van der Waals surface area contributed by atoms with Gasteiger partial charge in [0.25, 0.3) is 5.91 Å². The highest BCUT2D eigenvalue weighted by atomic mass is 35.5. The van der Waals surface area contributed by atoms with Crippen LogP contribution in [0.15, 0.2) is 48.5 Å². The highest BCUT2D eigenvalue weighted by Crippen LogP contribution is 2.61. The molecule has 7 heteroatoms. The van der Waals surface area contributed by atoms with Crippen LogP contribution in [-0.4, -0.2) is 63.0 Å². The van der Waals surface area contributed by atoms with Gasteiger partial charge in [0, 0.05) is 37.9 Å². The molecule has 2 aliphatic rings. The molecule has 1 amide bonds. The first-order valence-corrected chi connectivity index (χ1v) is 12.3. The maximum absolute atomic E-state index is 12.6. The molecule has 1 saturated heterocycles. The first kappa shape index (κ1) is 28.8. The van der Waals surface area contributed by atoms with Gasteiger partial charge in [0.2, 0.25) is 0 Å². The number of halogens is 1. The lowest BCUT2D eigenvalue weighted by Gasteiger charge is -2.35. The van der Waals surface area contributed by atoms with Crippen molar-refractivity contribution in [2.24, 2.45) is 11.3 Å². The lowest BCUT2D eigenvalue weighted by Crippen LogP contribution is -2.36. The van der Waals surface area contributed by atoms with Crippen LogP contribution in [-0.2, 0) is 4.79 Å². The molecule has 0 bridgehead atoms. The van der Waals surface area contributed by atoms with Crippen LogP contribution in [0.25, 0.3) is 0 Å². The van der Waals surface area contributed by atoms with E-state index in [1.807, 2.05) is 44.4 Å². The third-order valence-electron chi connectivity index (χ3n) is 7.13. The van der Waals surface area contributed by atoms with E-state index in [0.29, 0.717) is 34.0 Å². The van der Waals surface area contributed by atoms with E-state index < -0.39 is 6.10 Å². The quantitative estimate of drug-likeness (QED) is 0.532. The largest absolute Gasteiger partial charge is 0.378 e. The van der Waals surface area contributed by atoms with E-state index in [2.05, 4.69) is 10.2 Å². The first-order valence-electron chi connectivity index (χ1n) is 11.9. The average Bonchev–Trinajstić information content (AvgIpc) is 3.54. The Kier molecular flexibility index (Phi) is 10.7. The fourth-order valence-electron chi connectivity index (χ4n) is 4.92. The van der Waals surface area contributed by atoms with Crippen molar-refractivity contribution in [3.05, 3.63) is 64.7 Å². The Bertz CT molecular complexity index is 961. The van der Waals surface area contributed by atoms with Crippen LogP contribution in [0, 0.1) is 11.3 Å². The summed E-state index contributed by atoms with van der Waals surface area (Å²) in [6.45, 7) is 2.63. The molecule has 35 heavy (non-hydrogen) atoms. The molecule has 2 N–H and O–H groups in total. The van der Waals surface area contributed by atoms with Gasteiger partial charge in [0.1, 0.15) is 0 Å². The van der Waals surface area contributed by atoms with Crippen LogP contribution in [0.4, 0.5) is 5.69 Å². The zero-order valence-electron chi connectivity index (χ0n) is 20.3. The minimum Gasteiger partial charge on any atom is -0.378 e. The average molecular weight is 502 g/mol. The molecule has 1 saturated carbocycles. The fraction of sp³-hybridized carbons (Fsp3) is 0.500. The summed E-state index contributed by atoms with van der Waals surface area (Å²) in [4.78, 5) is 27.5. The predicted molar refractivity (Wildman–Crippen MR) is 144 cm³/mol. The van der Waals surface area contributed by atoms with E-state index in [1.54, 1.807) is 30.1 Å². The van der Waals surface area contributed by atoms with Gasteiger partial charge in [-0.3, -0.25) is 9.59 Å². The molecule has 2 unspecified atom stereocenters. The van der Waals surface area contributed by atoms with Gasteiger partial charge in [-0.25, -0.2) is 0 Å². The second kappa shape index (κ2) is 13.1. The minimum atomic E-state index is -1.10. The number of aliphatic hydroxyl groups is 1. The Balaban J connectivity index is 0.00000103.